The van der Waals surface area contributed by atoms with E-state index in [1.165, 1.54) is 12.1 Å². The van der Waals surface area contributed by atoms with Crippen LogP contribution in [0.3, 0.4) is 0 Å². The first-order chi connectivity index (χ1) is 6.45. The van der Waals surface area contributed by atoms with Crippen LogP contribution in [-0.4, -0.2) is 11.5 Å². The van der Waals surface area contributed by atoms with Crippen LogP contribution in [0.2, 0.25) is 0 Å². The smallest absolute Gasteiger partial charge is 0.257 e. The lowest BCUT2D eigenvalue weighted by Crippen LogP contribution is -2.19. The lowest BCUT2D eigenvalue weighted by atomic mass is 10.1. The number of alkyl halides is 2. The van der Waals surface area contributed by atoms with Crippen molar-refractivity contribution in [3.63, 3.8) is 0 Å². The van der Waals surface area contributed by atoms with Crippen molar-refractivity contribution in [2.45, 2.75) is 12.5 Å². The molecule has 0 aliphatic heterocycles. The highest BCUT2D eigenvalue weighted by Gasteiger charge is 2.24. The van der Waals surface area contributed by atoms with E-state index in [0.717, 1.165) is 0 Å². The van der Waals surface area contributed by atoms with Gasteiger partial charge >= 0.3 is 0 Å². The minimum atomic E-state index is -2.75. The summed E-state index contributed by atoms with van der Waals surface area (Å²) in [5.41, 5.74) is 10.5. The summed E-state index contributed by atoms with van der Waals surface area (Å²) in [4.78, 5) is 0. The number of benzene rings is 1. The number of nitrogens with two attached hydrogens (primary N) is 2. The quantitative estimate of drug-likeness (QED) is 0.580. The summed E-state index contributed by atoms with van der Waals surface area (Å²) in [6.45, 7) is 0. The first-order valence-electron chi connectivity index (χ1n) is 3.75. The monoisotopic (exact) mass is 302 g/mol. The Hall–Kier alpha value is -0.590. The zero-order valence-electron chi connectivity index (χ0n) is 7.45. The molecular formula is C8H10BrClF2N2O. The van der Waals surface area contributed by atoms with Crippen LogP contribution in [0.25, 0.3) is 0 Å². The molecule has 0 aromatic heterocycles. The number of anilines is 1. The summed E-state index contributed by atoms with van der Waals surface area (Å²) >= 11 is 3.02. The van der Waals surface area contributed by atoms with Gasteiger partial charge in [0.25, 0.3) is 6.43 Å². The standard InChI is InChI=1S/C8H9BrF2N2O.ClH/c9-3-1-2-4(12)7(14)5(3)6(13)8(10)11;/h1-2,6,8,14H,12-13H2;1H/t6-;/m1./s1. The predicted molar refractivity (Wildman–Crippen MR) is 60.4 cm³/mol. The van der Waals surface area contributed by atoms with Crippen molar-refractivity contribution in [2.75, 3.05) is 5.73 Å². The van der Waals surface area contributed by atoms with E-state index in [-0.39, 0.29) is 23.7 Å². The zero-order chi connectivity index (χ0) is 10.9. The third-order valence-corrected chi connectivity index (χ3v) is 2.49. The van der Waals surface area contributed by atoms with Crippen molar-refractivity contribution in [2.24, 2.45) is 5.73 Å². The van der Waals surface area contributed by atoms with E-state index in [1.54, 1.807) is 0 Å². The number of phenols is 1. The first-order valence-corrected chi connectivity index (χ1v) is 4.55. The van der Waals surface area contributed by atoms with Gasteiger partial charge < -0.3 is 16.6 Å². The van der Waals surface area contributed by atoms with Gasteiger partial charge in [-0.15, -0.1) is 12.4 Å². The van der Waals surface area contributed by atoms with Gasteiger partial charge in [-0.3, -0.25) is 0 Å². The number of phenolic OH excluding ortho intramolecular Hbond substituents is 1. The van der Waals surface area contributed by atoms with Gasteiger partial charge in [0.05, 0.1) is 11.7 Å². The SMILES string of the molecule is Cl.Nc1ccc(Br)c([C@@H](N)C(F)F)c1O. The molecule has 1 atom stereocenters. The lowest BCUT2D eigenvalue weighted by Gasteiger charge is -2.15. The number of hydrogen-bond donors (Lipinski definition) is 3. The van der Waals surface area contributed by atoms with Gasteiger partial charge in [-0.2, -0.15) is 0 Å². The molecule has 7 heteroatoms. The molecule has 1 rings (SSSR count). The summed E-state index contributed by atoms with van der Waals surface area (Å²) in [5.74, 6) is -0.396. The van der Waals surface area contributed by atoms with E-state index in [1.807, 2.05) is 0 Å². The van der Waals surface area contributed by atoms with E-state index in [0.29, 0.717) is 4.47 Å². The van der Waals surface area contributed by atoms with Crippen LogP contribution in [0.4, 0.5) is 14.5 Å². The van der Waals surface area contributed by atoms with Crippen LogP contribution in [0.15, 0.2) is 16.6 Å². The zero-order valence-corrected chi connectivity index (χ0v) is 9.86. The Labute approximate surface area is 100.0 Å². The van der Waals surface area contributed by atoms with E-state index >= 15 is 0 Å². The van der Waals surface area contributed by atoms with Crippen molar-refractivity contribution < 1.29 is 13.9 Å². The molecule has 0 saturated heterocycles. The summed E-state index contributed by atoms with van der Waals surface area (Å²) in [5, 5.41) is 9.43. The Morgan fingerprint density at radius 3 is 2.33 bits per heavy atom. The fourth-order valence-corrected chi connectivity index (χ4v) is 1.63. The van der Waals surface area contributed by atoms with Crippen molar-refractivity contribution in [3.8, 4) is 5.75 Å². The summed E-state index contributed by atoms with van der Waals surface area (Å²) in [7, 11) is 0. The molecular weight excluding hydrogens is 293 g/mol. The van der Waals surface area contributed by atoms with Crippen molar-refractivity contribution in [3.05, 3.63) is 22.2 Å². The summed E-state index contributed by atoms with van der Waals surface area (Å²) in [6.07, 6.45) is -2.75. The van der Waals surface area contributed by atoms with Crippen LogP contribution in [-0.2, 0) is 0 Å². The molecule has 15 heavy (non-hydrogen) atoms. The second-order valence-electron chi connectivity index (χ2n) is 2.76. The number of hydrogen-bond acceptors (Lipinski definition) is 3. The van der Waals surface area contributed by atoms with Crippen LogP contribution < -0.4 is 11.5 Å². The highest BCUT2D eigenvalue weighted by Crippen LogP contribution is 2.37. The average Bonchev–Trinajstić information content (AvgIpc) is 2.12. The van der Waals surface area contributed by atoms with Gasteiger partial charge in [0.2, 0.25) is 0 Å². The molecule has 0 bridgehead atoms. The Balaban J connectivity index is 0.00000196. The van der Waals surface area contributed by atoms with E-state index in [9.17, 15) is 13.9 Å². The molecule has 0 amide bonds. The normalized spacial score (nSPS) is 12.3. The Kier molecular flexibility index (Phi) is 5.27. The van der Waals surface area contributed by atoms with Gasteiger partial charge in [-0.05, 0) is 12.1 Å². The van der Waals surface area contributed by atoms with Gasteiger partial charge in [0, 0.05) is 10.0 Å². The molecule has 1 aromatic rings. The maximum Gasteiger partial charge on any atom is 0.257 e. The largest absolute Gasteiger partial charge is 0.505 e. The predicted octanol–water partition coefficient (Wildman–Crippen LogP) is 2.42. The third-order valence-electron chi connectivity index (χ3n) is 1.80. The molecule has 5 N–H and O–H groups in total. The van der Waals surface area contributed by atoms with Crippen molar-refractivity contribution in [1.82, 2.24) is 0 Å². The number of nitrogen functional groups attached to an aromatic ring is 1. The molecule has 1 aromatic carbocycles. The van der Waals surface area contributed by atoms with Gasteiger partial charge in [0.1, 0.15) is 5.75 Å². The Morgan fingerprint density at radius 2 is 1.87 bits per heavy atom. The van der Waals surface area contributed by atoms with Crippen LogP contribution in [0, 0.1) is 0 Å². The van der Waals surface area contributed by atoms with Crippen LogP contribution >= 0.6 is 28.3 Å². The molecule has 0 heterocycles. The second-order valence-corrected chi connectivity index (χ2v) is 3.61. The fourth-order valence-electron chi connectivity index (χ4n) is 1.04. The number of aromatic hydroxyl groups is 1. The molecule has 3 nitrogen and oxygen atoms in total. The highest BCUT2D eigenvalue weighted by molar-refractivity contribution is 9.10. The van der Waals surface area contributed by atoms with Gasteiger partial charge in [-0.1, -0.05) is 15.9 Å². The van der Waals surface area contributed by atoms with E-state index < -0.39 is 18.2 Å². The van der Waals surface area contributed by atoms with Crippen LogP contribution in [0.1, 0.15) is 11.6 Å². The maximum atomic E-state index is 12.3. The molecule has 0 spiro atoms. The van der Waals surface area contributed by atoms with Crippen molar-refractivity contribution >= 4 is 34.0 Å². The molecule has 0 aliphatic carbocycles. The molecule has 86 valence electrons. The molecule has 0 unspecified atom stereocenters. The molecule has 0 radical (unpaired) electrons. The highest BCUT2D eigenvalue weighted by atomic mass is 79.9. The average molecular weight is 304 g/mol. The second kappa shape index (κ2) is 5.48. The number of halogens is 4. The van der Waals surface area contributed by atoms with Gasteiger partial charge in [0.15, 0.2) is 0 Å². The lowest BCUT2D eigenvalue weighted by molar-refractivity contribution is 0.115. The Bertz CT molecular complexity index is 352. The van der Waals surface area contributed by atoms with Crippen LogP contribution in [0.5, 0.6) is 5.75 Å². The minimum Gasteiger partial charge on any atom is -0.505 e. The fraction of sp³-hybridized carbons (Fsp3) is 0.250. The van der Waals surface area contributed by atoms with Gasteiger partial charge in [-0.25, -0.2) is 8.78 Å². The third kappa shape index (κ3) is 2.93. The summed E-state index contributed by atoms with van der Waals surface area (Å²) in [6, 6.07) is 1.32. The van der Waals surface area contributed by atoms with E-state index in [4.69, 9.17) is 11.5 Å². The summed E-state index contributed by atoms with van der Waals surface area (Å²) < 4.78 is 24.9. The molecule has 0 aliphatic rings. The Morgan fingerprint density at radius 1 is 1.33 bits per heavy atom. The number of rotatable bonds is 2. The maximum absolute atomic E-state index is 12.3. The first kappa shape index (κ1) is 14.4. The molecule has 0 saturated carbocycles. The topological polar surface area (TPSA) is 72.3 Å². The minimum absolute atomic E-state index is 0. The van der Waals surface area contributed by atoms with Crippen molar-refractivity contribution in [1.29, 1.82) is 0 Å². The van der Waals surface area contributed by atoms with E-state index in [2.05, 4.69) is 15.9 Å². The molecule has 0 fully saturated rings.